The lowest BCUT2D eigenvalue weighted by atomic mass is 9.65. The smallest absolute Gasteiger partial charge is 0.225 e. The van der Waals surface area contributed by atoms with E-state index in [-0.39, 0.29) is 24.2 Å². The zero-order valence-corrected chi connectivity index (χ0v) is 16.1. The third-order valence-electron chi connectivity index (χ3n) is 5.92. The second kappa shape index (κ2) is 8.91. The molecule has 25 heavy (non-hydrogen) atoms. The number of ether oxygens (including phenoxy) is 1. The van der Waals surface area contributed by atoms with Crippen LogP contribution in [0.15, 0.2) is 24.3 Å². The normalized spacial score (nSPS) is 28.0. The largest absolute Gasteiger partial charge is 0.491 e. The summed E-state index contributed by atoms with van der Waals surface area (Å²) in [4.78, 5) is 14.6. The van der Waals surface area contributed by atoms with Crippen LogP contribution in [0, 0.1) is 24.7 Å². The molecule has 4 nitrogen and oxygen atoms in total. The van der Waals surface area contributed by atoms with Crippen LogP contribution >= 0.6 is 12.4 Å². The summed E-state index contributed by atoms with van der Waals surface area (Å²) in [5, 5.41) is 0. The van der Waals surface area contributed by atoms with Crippen LogP contribution in [0.4, 0.5) is 0 Å². The lowest BCUT2D eigenvalue weighted by molar-refractivity contribution is -0.137. The molecule has 2 N–H and O–H groups in total. The van der Waals surface area contributed by atoms with Crippen LogP contribution in [-0.4, -0.2) is 37.0 Å². The number of carbonyl (C=O) groups excluding carboxylic acids is 1. The molecule has 0 heterocycles. The molecule has 2 aliphatic rings. The summed E-state index contributed by atoms with van der Waals surface area (Å²) in [6.45, 7) is 3.20. The standard InChI is InChI=1S/C20H30N2O2.ClH/c1-14-6-3-4-9-18(14)24-11-10-22(2)20(23)17-12-15-7-5-8-16(13-17)19(15)21;/h3-4,6,9,15-17,19H,5,7-8,10-13,21H2,1-2H3;1H. The molecule has 2 bridgehead atoms. The molecule has 0 spiro atoms. The Morgan fingerprint density at radius 1 is 1.24 bits per heavy atom. The van der Waals surface area contributed by atoms with E-state index in [1.54, 1.807) is 0 Å². The van der Waals surface area contributed by atoms with Gasteiger partial charge in [0.1, 0.15) is 12.4 Å². The van der Waals surface area contributed by atoms with Crippen molar-refractivity contribution in [3.05, 3.63) is 29.8 Å². The number of amides is 1. The molecule has 1 aromatic carbocycles. The van der Waals surface area contributed by atoms with Gasteiger partial charge in [-0.1, -0.05) is 24.6 Å². The van der Waals surface area contributed by atoms with Crippen LogP contribution in [-0.2, 0) is 4.79 Å². The molecular weight excluding hydrogens is 336 g/mol. The molecule has 2 fully saturated rings. The van der Waals surface area contributed by atoms with E-state index >= 15 is 0 Å². The summed E-state index contributed by atoms with van der Waals surface area (Å²) in [6.07, 6.45) is 5.62. The van der Waals surface area contributed by atoms with Crippen molar-refractivity contribution in [1.29, 1.82) is 0 Å². The van der Waals surface area contributed by atoms with Crippen LogP contribution in [0.5, 0.6) is 5.75 Å². The highest BCUT2D eigenvalue weighted by atomic mass is 35.5. The van der Waals surface area contributed by atoms with Crippen molar-refractivity contribution >= 4 is 18.3 Å². The molecule has 2 saturated carbocycles. The maximum Gasteiger partial charge on any atom is 0.225 e. The predicted octanol–water partition coefficient (Wildman–Crippen LogP) is 3.41. The van der Waals surface area contributed by atoms with Gasteiger partial charge in [0.15, 0.2) is 0 Å². The second-order valence-electron chi connectivity index (χ2n) is 7.57. The molecule has 2 atom stereocenters. The Morgan fingerprint density at radius 2 is 1.88 bits per heavy atom. The van der Waals surface area contributed by atoms with E-state index in [2.05, 4.69) is 0 Å². The van der Waals surface area contributed by atoms with Gasteiger partial charge in [-0.25, -0.2) is 0 Å². The summed E-state index contributed by atoms with van der Waals surface area (Å²) in [5.41, 5.74) is 7.46. The molecule has 5 heteroatoms. The number of nitrogens with zero attached hydrogens (tertiary/aromatic N) is 1. The van der Waals surface area contributed by atoms with Gasteiger partial charge in [0, 0.05) is 19.0 Å². The van der Waals surface area contributed by atoms with Crippen molar-refractivity contribution in [2.75, 3.05) is 20.2 Å². The molecule has 3 rings (SSSR count). The molecule has 0 radical (unpaired) electrons. The Morgan fingerprint density at radius 3 is 2.52 bits per heavy atom. The minimum absolute atomic E-state index is 0. The first-order valence-corrected chi connectivity index (χ1v) is 9.25. The quantitative estimate of drug-likeness (QED) is 0.868. The fourth-order valence-electron chi connectivity index (χ4n) is 4.42. The van der Waals surface area contributed by atoms with Crippen molar-refractivity contribution in [1.82, 2.24) is 4.90 Å². The highest BCUT2D eigenvalue weighted by molar-refractivity contribution is 5.85. The van der Waals surface area contributed by atoms with Crippen molar-refractivity contribution in [3.63, 3.8) is 0 Å². The van der Waals surface area contributed by atoms with Gasteiger partial charge in [0.2, 0.25) is 5.91 Å². The van der Waals surface area contributed by atoms with Crippen molar-refractivity contribution < 1.29 is 9.53 Å². The van der Waals surface area contributed by atoms with E-state index in [1.165, 1.54) is 19.3 Å². The van der Waals surface area contributed by atoms with Gasteiger partial charge in [-0.15, -0.1) is 12.4 Å². The number of aryl methyl sites for hydroxylation is 1. The Kier molecular flexibility index (Phi) is 7.14. The number of fused-ring (bicyclic) bond motifs is 2. The zero-order chi connectivity index (χ0) is 17.1. The first-order valence-electron chi connectivity index (χ1n) is 9.25. The fourth-order valence-corrected chi connectivity index (χ4v) is 4.42. The summed E-state index contributed by atoms with van der Waals surface area (Å²) >= 11 is 0. The molecular formula is C20H31ClN2O2. The van der Waals surface area contributed by atoms with Crippen molar-refractivity contribution in [2.45, 2.75) is 45.1 Å². The number of hydrogen-bond acceptors (Lipinski definition) is 3. The van der Waals surface area contributed by atoms with Gasteiger partial charge >= 0.3 is 0 Å². The summed E-state index contributed by atoms with van der Waals surface area (Å²) in [7, 11) is 1.90. The molecule has 0 aromatic heterocycles. The number of benzene rings is 1. The Hall–Kier alpha value is -1.26. The number of carbonyl (C=O) groups is 1. The molecule has 1 aromatic rings. The number of nitrogens with two attached hydrogens (primary N) is 1. The van der Waals surface area contributed by atoms with Crippen LogP contribution < -0.4 is 10.5 Å². The molecule has 2 unspecified atom stereocenters. The van der Waals surface area contributed by atoms with E-state index in [9.17, 15) is 4.79 Å². The lowest BCUT2D eigenvalue weighted by Crippen LogP contribution is -2.49. The monoisotopic (exact) mass is 366 g/mol. The molecule has 2 aliphatic carbocycles. The van der Waals surface area contributed by atoms with Crippen molar-refractivity contribution in [2.24, 2.45) is 23.5 Å². The Labute approximate surface area is 157 Å². The highest BCUT2D eigenvalue weighted by Crippen LogP contribution is 2.42. The maximum absolute atomic E-state index is 12.8. The van der Waals surface area contributed by atoms with Crippen molar-refractivity contribution in [3.8, 4) is 5.75 Å². The van der Waals surface area contributed by atoms with Gasteiger partial charge in [-0.2, -0.15) is 0 Å². The average molecular weight is 367 g/mol. The number of likely N-dealkylation sites (N-methyl/N-ethyl adjacent to an activating group) is 1. The fraction of sp³-hybridized carbons (Fsp3) is 0.650. The average Bonchev–Trinajstić information content (AvgIpc) is 2.55. The Bertz CT molecular complexity index is 567. The number of hydrogen-bond donors (Lipinski definition) is 1. The third kappa shape index (κ3) is 4.68. The molecule has 140 valence electrons. The van der Waals surface area contributed by atoms with Crippen LogP contribution in [0.1, 0.15) is 37.7 Å². The minimum atomic E-state index is 0. The predicted molar refractivity (Wildman–Crippen MR) is 103 cm³/mol. The highest BCUT2D eigenvalue weighted by Gasteiger charge is 2.41. The van der Waals surface area contributed by atoms with Crippen LogP contribution in [0.3, 0.4) is 0 Å². The number of para-hydroxylation sites is 1. The van der Waals surface area contributed by atoms with E-state index < -0.39 is 0 Å². The summed E-state index contributed by atoms with van der Waals surface area (Å²) < 4.78 is 5.82. The third-order valence-corrected chi connectivity index (χ3v) is 5.92. The summed E-state index contributed by atoms with van der Waals surface area (Å²) in [5.74, 6) is 2.42. The SMILES string of the molecule is Cc1ccccc1OCCN(C)C(=O)C1CC2CCCC(C1)C2N.Cl. The number of rotatable bonds is 5. The zero-order valence-electron chi connectivity index (χ0n) is 15.3. The molecule has 0 aliphatic heterocycles. The van der Waals surface area contributed by atoms with Gasteiger partial charge in [-0.3, -0.25) is 4.79 Å². The molecule has 1 amide bonds. The van der Waals surface area contributed by atoms with Crippen LogP contribution in [0.2, 0.25) is 0 Å². The van der Waals surface area contributed by atoms with Gasteiger partial charge in [-0.05, 0) is 56.1 Å². The number of halogens is 1. The minimum Gasteiger partial charge on any atom is -0.491 e. The Balaban J connectivity index is 0.00000225. The van der Waals surface area contributed by atoms with Crippen LogP contribution in [0.25, 0.3) is 0 Å². The van der Waals surface area contributed by atoms with Gasteiger partial charge in [0.05, 0.1) is 6.54 Å². The topological polar surface area (TPSA) is 55.6 Å². The van der Waals surface area contributed by atoms with E-state index in [1.807, 2.05) is 43.1 Å². The lowest BCUT2D eigenvalue weighted by Gasteiger charge is -2.44. The van der Waals surface area contributed by atoms with E-state index in [0.29, 0.717) is 31.0 Å². The first kappa shape index (κ1) is 20.1. The summed E-state index contributed by atoms with van der Waals surface area (Å²) in [6, 6.07) is 8.30. The first-order chi connectivity index (χ1) is 11.6. The second-order valence-corrected chi connectivity index (χ2v) is 7.57. The van der Waals surface area contributed by atoms with Gasteiger partial charge < -0.3 is 15.4 Å². The maximum atomic E-state index is 12.8. The molecule has 0 saturated heterocycles. The van der Waals surface area contributed by atoms with Gasteiger partial charge in [0.25, 0.3) is 0 Å². The van der Waals surface area contributed by atoms with E-state index in [4.69, 9.17) is 10.5 Å². The van der Waals surface area contributed by atoms with E-state index in [0.717, 1.165) is 24.2 Å².